The number of ether oxygens (including phenoxy) is 1. The molecule has 1 unspecified atom stereocenters. The number of aryl methyl sites for hydroxylation is 4. The molecule has 1 fully saturated rings. The third kappa shape index (κ3) is 6.25. The van der Waals surface area contributed by atoms with Gasteiger partial charge in [0.05, 0.1) is 7.11 Å². The lowest BCUT2D eigenvalue weighted by Gasteiger charge is -2.39. The average Bonchev–Trinajstić information content (AvgIpc) is 2.83. The second-order valence-corrected chi connectivity index (χ2v) is 10.5. The van der Waals surface area contributed by atoms with Crippen LogP contribution in [0.2, 0.25) is 0 Å². The lowest BCUT2D eigenvalue weighted by atomic mass is 10.0. The minimum Gasteiger partial charge on any atom is -0.496 e. The number of hydrogen-bond donors (Lipinski definition) is 1. The van der Waals surface area contributed by atoms with E-state index in [0.29, 0.717) is 18.0 Å². The topological polar surface area (TPSA) is 50.3 Å². The summed E-state index contributed by atoms with van der Waals surface area (Å²) in [6.45, 7) is 21.4. The molecule has 194 valence electrons. The van der Waals surface area contributed by atoms with Gasteiger partial charge in [0, 0.05) is 42.0 Å². The van der Waals surface area contributed by atoms with Gasteiger partial charge in [-0.15, -0.1) is 0 Å². The third-order valence-corrected chi connectivity index (χ3v) is 7.20. The number of piperazine rings is 1. The van der Waals surface area contributed by atoms with Gasteiger partial charge in [0.15, 0.2) is 5.82 Å². The zero-order valence-corrected chi connectivity index (χ0v) is 23.9. The molecule has 1 N–H and O–H groups in total. The number of hydrogen-bond acceptors (Lipinski definition) is 5. The molecule has 0 amide bonds. The van der Waals surface area contributed by atoms with Crippen LogP contribution in [-0.4, -0.2) is 42.3 Å². The summed E-state index contributed by atoms with van der Waals surface area (Å²) in [6, 6.07) is 13.6. The van der Waals surface area contributed by atoms with Crippen LogP contribution < -0.4 is 15.0 Å². The first kappa shape index (κ1) is 27.7. The molecule has 1 saturated heterocycles. The molecule has 2 aromatic carbocycles. The van der Waals surface area contributed by atoms with E-state index >= 15 is 0 Å². The summed E-state index contributed by atoms with van der Waals surface area (Å²) >= 11 is 0. The van der Waals surface area contributed by atoms with Crippen molar-refractivity contribution in [3.63, 3.8) is 0 Å². The minimum atomic E-state index is 0.431. The Bertz CT molecular complexity index is 1170. The Morgan fingerprint density at radius 3 is 2.22 bits per heavy atom. The van der Waals surface area contributed by atoms with Gasteiger partial charge in [-0.3, -0.25) is 0 Å². The molecule has 5 nitrogen and oxygen atoms in total. The number of methoxy groups -OCH3 is 1. The van der Waals surface area contributed by atoms with Gasteiger partial charge in [0.2, 0.25) is 0 Å². The molecule has 0 aliphatic carbocycles. The molecule has 0 saturated carbocycles. The zero-order valence-electron chi connectivity index (χ0n) is 23.9. The monoisotopic (exact) mass is 488 g/mol. The van der Waals surface area contributed by atoms with Crippen LogP contribution in [-0.2, 0) is 0 Å². The molecule has 1 aromatic heterocycles. The summed E-state index contributed by atoms with van der Waals surface area (Å²) < 4.78 is 5.24. The summed E-state index contributed by atoms with van der Waals surface area (Å²) in [7, 11) is 1.71. The number of rotatable bonds is 4. The summed E-state index contributed by atoms with van der Waals surface area (Å²) in [5.41, 5.74) is 8.40. The molecule has 2 atom stereocenters. The maximum absolute atomic E-state index is 5.24. The normalized spacial score (nSPS) is 17.6. The van der Waals surface area contributed by atoms with Crippen molar-refractivity contribution in [3.05, 3.63) is 69.9 Å². The number of nitrogens with one attached hydrogen (secondary N) is 1. The van der Waals surface area contributed by atoms with E-state index < -0.39 is 0 Å². The van der Waals surface area contributed by atoms with Crippen LogP contribution in [0.4, 0.5) is 5.82 Å². The molecule has 0 bridgehead atoms. The summed E-state index contributed by atoms with van der Waals surface area (Å²) in [5.74, 6) is 3.49. The van der Waals surface area contributed by atoms with Crippen molar-refractivity contribution in [2.24, 2.45) is 0 Å². The predicted octanol–water partition coefficient (Wildman–Crippen LogP) is 6.69. The molecule has 4 rings (SSSR count). The molecule has 1 aliphatic rings. The zero-order chi connectivity index (χ0) is 26.6. The third-order valence-electron chi connectivity index (χ3n) is 7.20. The molecular weight excluding hydrogens is 444 g/mol. The first-order valence-corrected chi connectivity index (χ1v) is 13.1. The van der Waals surface area contributed by atoms with Crippen molar-refractivity contribution in [3.8, 4) is 17.1 Å². The van der Waals surface area contributed by atoms with Crippen molar-refractivity contribution in [1.82, 2.24) is 15.3 Å². The molecule has 5 heteroatoms. The lowest BCUT2D eigenvalue weighted by Crippen LogP contribution is -2.55. The average molecular weight is 489 g/mol. The molecule has 36 heavy (non-hydrogen) atoms. The highest BCUT2D eigenvalue weighted by atomic mass is 16.5. The van der Waals surface area contributed by atoms with E-state index in [-0.39, 0.29) is 0 Å². The van der Waals surface area contributed by atoms with E-state index in [0.717, 1.165) is 41.7 Å². The quantitative estimate of drug-likeness (QED) is 0.443. The first-order chi connectivity index (χ1) is 17.0. The number of benzene rings is 2. The second-order valence-electron chi connectivity index (χ2n) is 10.5. The fourth-order valence-electron chi connectivity index (χ4n) is 4.68. The van der Waals surface area contributed by atoms with E-state index in [2.05, 4.69) is 109 Å². The fourth-order valence-corrected chi connectivity index (χ4v) is 4.68. The van der Waals surface area contributed by atoms with Crippen molar-refractivity contribution in [2.45, 2.75) is 80.3 Å². The predicted molar refractivity (Wildman–Crippen MR) is 153 cm³/mol. The molecule has 0 spiro atoms. The highest BCUT2D eigenvalue weighted by molar-refractivity contribution is 5.67. The SMILES string of the molecule is COc1cc(C(C)C)ccc1C.Cc1cccc(C)c1-c1nc(C)c(C)c(N2C[C@H](C)NCC2C)n1. The first-order valence-electron chi connectivity index (χ1n) is 13.1. The number of anilines is 1. The Morgan fingerprint density at radius 1 is 0.944 bits per heavy atom. The molecule has 0 radical (unpaired) electrons. The van der Waals surface area contributed by atoms with Gasteiger partial charge in [0.25, 0.3) is 0 Å². The van der Waals surface area contributed by atoms with Gasteiger partial charge >= 0.3 is 0 Å². The van der Waals surface area contributed by atoms with Crippen molar-refractivity contribution in [2.75, 3.05) is 25.1 Å². The van der Waals surface area contributed by atoms with Gasteiger partial charge in [-0.05, 0) is 82.7 Å². The molecule has 2 heterocycles. The van der Waals surface area contributed by atoms with Crippen LogP contribution >= 0.6 is 0 Å². The maximum Gasteiger partial charge on any atom is 0.162 e. The Labute approximate surface area is 218 Å². The smallest absolute Gasteiger partial charge is 0.162 e. The van der Waals surface area contributed by atoms with Gasteiger partial charge in [-0.25, -0.2) is 9.97 Å². The van der Waals surface area contributed by atoms with E-state index in [4.69, 9.17) is 14.7 Å². The van der Waals surface area contributed by atoms with E-state index in [1.54, 1.807) is 7.11 Å². The van der Waals surface area contributed by atoms with E-state index in [1.165, 1.54) is 27.8 Å². The molecule has 1 aliphatic heterocycles. The Balaban J connectivity index is 0.000000253. The van der Waals surface area contributed by atoms with Crippen LogP contribution in [0.5, 0.6) is 5.75 Å². The second kappa shape index (κ2) is 11.9. The highest BCUT2D eigenvalue weighted by Crippen LogP contribution is 2.30. The van der Waals surface area contributed by atoms with Crippen LogP contribution in [0.25, 0.3) is 11.4 Å². The van der Waals surface area contributed by atoms with Gasteiger partial charge in [0.1, 0.15) is 11.6 Å². The van der Waals surface area contributed by atoms with Crippen LogP contribution in [0.1, 0.15) is 67.1 Å². The van der Waals surface area contributed by atoms with Crippen LogP contribution in [0.3, 0.4) is 0 Å². The summed E-state index contributed by atoms with van der Waals surface area (Å²) in [5, 5.41) is 3.55. The Morgan fingerprint density at radius 2 is 1.61 bits per heavy atom. The summed E-state index contributed by atoms with van der Waals surface area (Å²) in [6.07, 6.45) is 0. The number of nitrogens with zero attached hydrogens (tertiary/aromatic N) is 3. The Kier molecular flexibility index (Phi) is 9.13. The van der Waals surface area contributed by atoms with E-state index in [1.807, 2.05) is 0 Å². The van der Waals surface area contributed by atoms with Gasteiger partial charge in [-0.1, -0.05) is 44.2 Å². The number of aromatic nitrogens is 2. The molecular formula is C31H44N4O. The highest BCUT2D eigenvalue weighted by Gasteiger charge is 2.26. The van der Waals surface area contributed by atoms with Crippen LogP contribution in [0.15, 0.2) is 36.4 Å². The van der Waals surface area contributed by atoms with Crippen molar-refractivity contribution >= 4 is 5.82 Å². The maximum atomic E-state index is 5.24. The lowest BCUT2D eigenvalue weighted by molar-refractivity contribution is 0.411. The fraction of sp³-hybridized carbons (Fsp3) is 0.484. The van der Waals surface area contributed by atoms with Gasteiger partial charge in [-0.2, -0.15) is 0 Å². The van der Waals surface area contributed by atoms with E-state index in [9.17, 15) is 0 Å². The van der Waals surface area contributed by atoms with Crippen LogP contribution in [0, 0.1) is 34.6 Å². The Hall–Kier alpha value is -2.92. The largest absolute Gasteiger partial charge is 0.496 e. The molecule has 3 aromatic rings. The standard InChI is InChI=1S/C20H28N4.C11H16O/c1-12-8-7-9-13(2)18(12)19-22-17(6)16(5)20(23-19)24-11-14(3)21-10-15(24)4;1-8(2)10-6-5-9(3)11(7-10)12-4/h7-9,14-15,21H,10-11H2,1-6H3;5-8H,1-4H3/t14-,15?;/m0./s1. The minimum absolute atomic E-state index is 0.431. The van der Waals surface area contributed by atoms with Gasteiger partial charge < -0.3 is 15.0 Å². The summed E-state index contributed by atoms with van der Waals surface area (Å²) in [4.78, 5) is 12.3. The van der Waals surface area contributed by atoms with Crippen molar-refractivity contribution in [1.29, 1.82) is 0 Å². The van der Waals surface area contributed by atoms with Crippen molar-refractivity contribution < 1.29 is 4.74 Å².